The Labute approximate surface area is 123 Å². The molecule has 0 saturated heterocycles. The summed E-state index contributed by atoms with van der Waals surface area (Å²) in [5, 5.41) is 2.38. The van der Waals surface area contributed by atoms with Crippen LogP contribution in [0.15, 0.2) is 54.0 Å². The zero-order valence-corrected chi connectivity index (χ0v) is 11.9. The molecular weight excluding hydrogens is 258 g/mol. The first-order chi connectivity index (χ1) is 10.2. The van der Waals surface area contributed by atoms with Gasteiger partial charge in [-0.2, -0.15) is 0 Å². The Morgan fingerprint density at radius 2 is 1.81 bits per heavy atom. The van der Waals surface area contributed by atoms with E-state index in [2.05, 4.69) is 58.6 Å². The number of rotatable bonds is 3. The largest absolute Gasteiger partial charge is 0.244 e. The summed E-state index contributed by atoms with van der Waals surface area (Å²) in [6.45, 7) is 9.28. The van der Waals surface area contributed by atoms with Crippen LogP contribution in [0.1, 0.15) is 11.4 Å². The summed E-state index contributed by atoms with van der Waals surface area (Å²) in [4.78, 5) is 12.8. The monoisotopic (exact) mass is 273 g/mol. The van der Waals surface area contributed by atoms with Crippen molar-refractivity contribution < 1.29 is 0 Å². The Morgan fingerprint density at radius 3 is 2.52 bits per heavy atom. The summed E-state index contributed by atoms with van der Waals surface area (Å²) < 4.78 is 0. The van der Waals surface area contributed by atoms with Crippen molar-refractivity contribution in [1.82, 2.24) is 9.97 Å². The Morgan fingerprint density at radius 1 is 1.05 bits per heavy atom. The number of fused-ring (bicyclic) bond motifs is 1. The molecule has 0 amide bonds. The Kier molecular flexibility index (Phi) is 3.32. The second-order valence-corrected chi connectivity index (χ2v) is 4.78. The van der Waals surface area contributed by atoms with E-state index in [1.165, 1.54) is 10.8 Å². The van der Waals surface area contributed by atoms with Gasteiger partial charge in [0.2, 0.25) is 0 Å². The number of aryl methyl sites for hydroxylation is 1. The SMILES string of the molecule is C=Cc1c(N=C)nc(C)nc1-c1ccc2ccccc2c1. The maximum Gasteiger partial charge on any atom is 0.162 e. The molecule has 3 aromatic rings. The van der Waals surface area contributed by atoms with Crippen molar-refractivity contribution in [2.24, 2.45) is 4.99 Å². The summed E-state index contributed by atoms with van der Waals surface area (Å²) in [7, 11) is 0. The Hall–Kier alpha value is -2.81. The molecule has 0 fully saturated rings. The van der Waals surface area contributed by atoms with Gasteiger partial charge in [-0.25, -0.2) is 15.0 Å². The Balaban J connectivity index is 2.28. The van der Waals surface area contributed by atoms with Gasteiger partial charge in [-0.1, -0.05) is 49.1 Å². The quantitative estimate of drug-likeness (QED) is 0.655. The van der Waals surface area contributed by atoms with Gasteiger partial charge < -0.3 is 0 Å². The van der Waals surface area contributed by atoms with Crippen LogP contribution < -0.4 is 0 Å². The van der Waals surface area contributed by atoms with Gasteiger partial charge >= 0.3 is 0 Å². The minimum Gasteiger partial charge on any atom is -0.244 e. The lowest BCUT2D eigenvalue weighted by molar-refractivity contribution is 1.05. The third-order valence-corrected chi connectivity index (χ3v) is 3.41. The lowest BCUT2D eigenvalue weighted by Crippen LogP contribution is -1.96. The van der Waals surface area contributed by atoms with Crippen LogP contribution in [0.3, 0.4) is 0 Å². The smallest absolute Gasteiger partial charge is 0.162 e. The van der Waals surface area contributed by atoms with Gasteiger partial charge in [0, 0.05) is 11.1 Å². The maximum atomic E-state index is 4.56. The number of aromatic nitrogens is 2. The molecule has 0 bridgehead atoms. The fraction of sp³-hybridized carbons (Fsp3) is 0.0556. The fourth-order valence-corrected chi connectivity index (χ4v) is 2.43. The number of hydrogen-bond acceptors (Lipinski definition) is 3. The van der Waals surface area contributed by atoms with Gasteiger partial charge in [-0.05, 0) is 30.5 Å². The standard InChI is InChI=1S/C18H15N3/c1-4-16-17(20-12(2)21-18(16)19-3)15-10-9-13-7-5-6-8-14(13)11-15/h4-11H,1,3H2,2H3. The molecule has 3 rings (SSSR count). The lowest BCUT2D eigenvalue weighted by Gasteiger charge is -2.10. The van der Waals surface area contributed by atoms with Crippen LogP contribution in [-0.4, -0.2) is 16.7 Å². The van der Waals surface area contributed by atoms with E-state index < -0.39 is 0 Å². The molecule has 2 aromatic carbocycles. The van der Waals surface area contributed by atoms with Gasteiger partial charge in [0.15, 0.2) is 5.82 Å². The first-order valence-corrected chi connectivity index (χ1v) is 6.70. The zero-order valence-electron chi connectivity index (χ0n) is 11.9. The molecule has 3 nitrogen and oxygen atoms in total. The predicted octanol–water partition coefficient (Wildman–Crippen LogP) is 4.58. The van der Waals surface area contributed by atoms with Crippen molar-refractivity contribution in [2.45, 2.75) is 6.92 Å². The maximum absolute atomic E-state index is 4.56. The molecule has 102 valence electrons. The van der Waals surface area contributed by atoms with Crippen molar-refractivity contribution in [2.75, 3.05) is 0 Å². The van der Waals surface area contributed by atoms with Crippen LogP contribution in [0.25, 0.3) is 28.1 Å². The average Bonchev–Trinajstić information content (AvgIpc) is 2.53. The van der Waals surface area contributed by atoms with E-state index in [4.69, 9.17) is 0 Å². The molecule has 0 aliphatic rings. The van der Waals surface area contributed by atoms with Crippen LogP contribution in [-0.2, 0) is 0 Å². The van der Waals surface area contributed by atoms with Gasteiger partial charge in [0.25, 0.3) is 0 Å². The van der Waals surface area contributed by atoms with Crippen molar-refractivity contribution >= 4 is 29.4 Å². The van der Waals surface area contributed by atoms with Crippen molar-refractivity contribution in [3.8, 4) is 11.3 Å². The lowest BCUT2D eigenvalue weighted by atomic mass is 10.0. The highest BCUT2D eigenvalue weighted by molar-refractivity contribution is 5.88. The van der Waals surface area contributed by atoms with Crippen molar-refractivity contribution in [1.29, 1.82) is 0 Å². The molecule has 0 saturated carbocycles. The first kappa shape index (κ1) is 13.2. The van der Waals surface area contributed by atoms with E-state index in [0.717, 1.165) is 16.8 Å². The second-order valence-electron chi connectivity index (χ2n) is 4.78. The van der Waals surface area contributed by atoms with Crippen LogP contribution in [0.5, 0.6) is 0 Å². The minimum atomic E-state index is 0.570. The molecule has 0 radical (unpaired) electrons. The third kappa shape index (κ3) is 2.34. The molecule has 0 aliphatic carbocycles. The number of hydrogen-bond donors (Lipinski definition) is 0. The molecule has 0 aliphatic heterocycles. The summed E-state index contributed by atoms with van der Waals surface area (Å²) in [6, 6.07) is 14.5. The summed E-state index contributed by atoms with van der Waals surface area (Å²) in [6.07, 6.45) is 1.73. The summed E-state index contributed by atoms with van der Waals surface area (Å²) in [5.74, 6) is 1.24. The predicted molar refractivity (Wildman–Crippen MR) is 89.0 cm³/mol. The van der Waals surface area contributed by atoms with Gasteiger partial charge in [-0.3, -0.25) is 0 Å². The van der Waals surface area contributed by atoms with E-state index in [-0.39, 0.29) is 0 Å². The van der Waals surface area contributed by atoms with Crippen LogP contribution in [0.4, 0.5) is 5.82 Å². The van der Waals surface area contributed by atoms with Crippen LogP contribution in [0.2, 0.25) is 0 Å². The third-order valence-electron chi connectivity index (χ3n) is 3.41. The fourth-order valence-electron chi connectivity index (χ4n) is 2.43. The van der Waals surface area contributed by atoms with Gasteiger partial charge in [-0.15, -0.1) is 0 Å². The van der Waals surface area contributed by atoms with Gasteiger partial charge in [0.1, 0.15) is 5.82 Å². The molecule has 1 aromatic heterocycles. The highest BCUT2D eigenvalue weighted by Crippen LogP contribution is 2.30. The second kappa shape index (κ2) is 5.29. The van der Waals surface area contributed by atoms with E-state index in [1.54, 1.807) is 6.08 Å². The molecule has 0 N–H and O–H groups in total. The van der Waals surface area contributed by atoms with E-state index >= 15 is 0 Å². The molecule has 0 unspecified atom stereocenters. The van der Waals surface area contributed by atoms with E-state index in [0.29, 0.717) is 11.6 Å². The number of aliphatic imine (C=N–C) groups is 1. The molecule has 21 heavy (non-hydrogen) atoms. The van der Waals surface area contributed by atoms with Crippen molar-refractivity contribution in [3.63, 3.8) is 0 Å². The molecule has 3 heteroatoms. The first-order valence-electron chi connectivity index (χ1n) is 6.70. The Bertz CT molecular complexity index is 850. The molecule has 0 atom stereocenters. The number of nitrogens with zero attached hydrogens (tertiary/aromatic N) is 3. The topological polar surface area (TPSA) is 38.1 Å². The van der Waals surface area contributed by atoms with E-state index in [1.807, 2.05) is 19.1 Å². The normalized spacial score (nSPS) is 10.5. The van der Waals surface area contributed by atoms with Gasteiger partial charge in [0.05, 0.1) is 5.69 Å². The molecule has 0 spiro atoms. The number of benzene rings is 2. The molecular formula is C18H15N3. The highest BCUT2D eigenvalue weighted by Gasteiger charge is 2.11. The minimum absolute atomic E-state index is 0.570. The highest BCUT2D eigenvalue weighted by atomic mass is 15.0. The molecule has 1 heterocycles. The van der Waals surface area contributed by atoms with Crippen LogP contribution in [0, 0.1) is 6.92 Å². The average molecular weight is 273 g/mol. The zero-order chi connectivity index (χ0) is 14.8. The van der Waals surface area contributed by atoms with E-state index in [9.17, 15) is 0 Å². The van der Waals surface area contributed by atoms with Crippen LogP contribution >= 0.6 is 0 Å². The summed E-state index contributed by atoms with van der Waals surface area (Å²) in [5.41, 5.74) is 2.68. The summed E-state index contributed by atoms with van der Waals surface area (Å²) >= 11 is 0. The van der Waals surface area contributed by atoms with Crippen molar-refractivity contribution in [3.05, 3.63) is 60.4 Å².